The summed E-state index contributed by atoms with van der Waals surface area (Å²) in [5.41, 5.74) is 1.02. The number of aliphatic hydroxyl groups is 16. The minimum atomic E-state index is -2.24. The second-order valence-corrected chi connectivity index (χ2v) is 29.6. The number of carbonyl (C=O) groups excluding carboxylic acids is 1. The summed E-state index contributed by atoms with van der Waals surface area (Å²) in [6.45, 7) is 19.6. The number of rotatable bonds is 8. The first-order chi connectivity index (χ1) is 44.5. The van der Waals surface area contributed by atoms with Gasteiger partial charge in [0.25, 0.3) is 0 Å². The maximum absolute atomic E-state index is 13.8. The van der Waals surface area contributed by atoms with Crippen LogP contribution in [-0.4, -0.2) is 241 Å². The van der Waals surface area contributed by atoms with Gasteiger partial charge >= 0.3 is 5.97 Å². The van der Waals surface area contributed by atoms with Crippen molar-refractivity contribution >= 4 is 5.97 Å². The predicted octanol–water partition coefficient (Wildman–Crippen LogP) is 5.53. The van der Waals surface area contributed by atoms with Crippen LogP contribution in [0.1, 0.15) is 217 Å². The molecular weight excluding hydrogens is 1230 g/mol. The summed E-state index contributed by atoms with van der Waals surface area (Å²) in [7, 11) is 3.42. The van der Waals surface area contributed by atoms with E-state index in [-0.39, 0.29) is 82.0 Å². The van der Waals surface area contributed by atoms with Gasteiger partial charge in [-0.05, 0) is 154 Å². The third-order valence-electron chi connectivity index (χ3n) is 21.2. The molecule has 0 radical (unpaired) electrons. The fraction of sp³-hybridized carbons (Fsp3) is 0.877. The van der Waals surface area contributed by atoms with Crippen LogP contribution in [0.15, 0.2) is 47.6 Å². The molecule has 22 nitrogen and oxygen atoms in total. The second-order valence-electron chi connectivity index (χ2n) is 29.6. The van der Waals surface area contributed by atoms with Crippen LogP contribution >= 0.6 is 0 Å². The summed E-state index contributed by atoms with van der Waals surface area (Å²) >= 11 is 0. The van der Waals surface area contributed by atoms with Gasteiger partial charge in [0.05, 0.1) is 116 Å². The van der Waals surface area contributed by atoms with Gasteiger partial charge in [-0.2, -0.15) is 0 Å². The van der Waals surface area contributed by atoms with Crippen molar-refractivity contribution in [2.75, 3.05) is 14.1 Å². The zero-order valence-electron chi connectivity index (χ0n) is 59.8. The molecule has 0 aromatic carbocycles. The highest BCUT2D eigenvalue weighted by Crippen LogP contribution is 2.42. The largest absolute Gasteiger partial charge is 0.458 e. The van der Waals surface area contributed by atoms with Crippen LogP contribution < -0.4 is 0 Å². The summed E-state index contributed by atoms with van der Waals surface area (Å²) in [4.78, 5) is 15.4. The first-order valence-corrected chi connectivity index (χ1v) is 36.0. The number of unbranched alkanes of at least 4 members (excludes halogenated alkanes) is 3. The van der Waals surface area contributed by atoms with E-state index in [2.05, 4.69) is 6.92 Å². The van der Waals surface area contributed by atoms with Crippen LogP contribution in [0.25, 0.3) is 0 Å². The summed E-state index contributed by atoms with van der Waals surface area (Å²) in [5.74, 6) is -6.18. The summed E-state index contributed by atoms with van der Waals surface area (Å²) in [6, 6.07) is -0.772. The molecule has 0 amide bonds. The zero-order chi connectivity index (χ0) is 71.6. The average molecular weight is 1360 g/mol. The Bertz CT molecular complexity index is 2240. The van der Waals surface area contributed by atoms with Crippen molar-refractivity contribution in [2.45, 2.75) is 352 Å². The first kappa shape index (κ1) is 86.8. The van der Waals surface area contributed by atoms with Crippen molar-refractivity contribution in [2.24, 2.45) is 41.4 Å². The van der Waals surface area contributed by atoms with E-state index >= 15 is 0 Å². The lowest BCUT2D eigenvalue weighted by atomic mass is 9.80. The quantitative estimate of drug-likeness (QED) is 0.0806. The van der Waals surface area contributed by atoms with Gasteiger partial charge in [0.1, 0.15) is 12.2 Å². The molecule has 0 spiro atoms. The van der Waals surface area contributed by atoms with Crippen molar-refractivity contribution in [1.82, 2.24) is 4.90 Å². The molecule has 2 saturated heterocycles. The smallest absolute Gasteiger partial charge is 0.311 e. The monoisotopic (exact) mass is 1360 g/mol. The Morgan fingerprint density at radius 1 is 0.589 bits per heavy atom. The van der Waals surface area contributed by atoms with Gasteiger partial charge in [-0.1, -0.05) is 117 Å². The number of carbonyl (C=O) groups is 1. The van der Waals surface area contributed by atoms with Gasteiger partial charge in [-0.3, -0.25) is 4.79 Å². The molecule has 0 aromatic heterocycles. The fourth-order valence-electron chi connectivity index (χ4n) is 13.7. The average Bonchev–Trinajstić information content (AvgIpc) is 0.770. The normalized spacial score (nSPS) is 44.7. The Balaban J connectivity index is 1.85. The highest BCUT2D eigenvalue weighted by molar-refractivity contribution is 5.71. The molecule has 0 aromatic rings. The Kier molecular flexibility index (Phi) is 39.7. The molecular formula is C73H133NO21. The van der Waals surface area contributed by atoms with E-state index in [0.29, 0.717) is 56.1 Å². The number of likely N-dealkylation sites (N-methyl/N-ethyl adjacent to an activating group) is 1. The lowest BCUT2D eigenvalue weighted by Gasteiger charge is -2.50. The molecule has 16 N–H and O–H groups in total. The lowest BCUT2D eigenvalue weighted by Crippen LogP contribution is -2.64. The first-order valence-electron chi connectivity index (χ1n) is 36.0. The van der Waals surface area contributed by atoms with Crippen molar-refractivity contribution in [3.05, 3.63) is 47.6 Å². The van der Waals surface area contributed by atoms with Crippen LogP contribution in [-0.2, 0) is 23.7 Å². The number of nitrogens with zero attached hydrogens (tertiary/aromatic N) is 1. The predicted molar refractivity (Wildman–Crippen MR) is 364 cm³/mol. The van der Waals surface area contributed by atoms with E-state index in [9.17, 15) is 86.5 Å². The number of hydrogen-bond acceptors (Lipinski definition) is 22. The van der Waals surface area contributed by atoms with Crippen molar-refractivity contribution in [3.63, 3.8) is 0 Å². The van der Waals surface area contributed by atoms with Crippen LogP contribution in [0.3, 0.4) is 0 Å². The maximum Gasteiger partial charge on any atom is 0.311 e. The molecule has 95 heavy (non-hydrogen) atoms. The third-order valence-corrected chi connectivity index (χ3v) is 21.2. The molecule has 2 fully saturated rings. The molecule has 556 valence electrons. The summed E-state index contributed by atoms with van der Waals surface area (Å²) < 4.78 is 24.6. The number of cyclic esters (lactones) is 1. The number of allylic oxidation sites excluding steroid dienone is 2. The molecule has 29 atom stereocenters. The lowest BCUT2D eigenvalue weighted by molar-refractivity contribution is -0.351. The van der Waals surface area contributed by atoms with Crippen LogP contribution in [0.5, 0.6) is 0 Å². The summed E-state index contributed by atoms with van der Waals surface area (Å²) in [5, 5.41) is 180. The third kappa shape index (κ3) is 29.6. The molecule has 22 heteroatoms. The Morgan fingerprint density at radius 2 is 1.21 bits per heavy atom. The van der Waals surface area contributed by atoms with Gasteiger partial charge in [0.15, 0.2) is 12.1 Å². The van der Waals surface area contributed by atoms with E-state index in [0.717, 1.165) is 25.7 Å². The van der Waals surface area contributed by atoms with E-state index in [1.807, 2.05) is 20.8 Å². The van der Waals surface area contributed by atoms with E-state index in [1.165, 1.54) is 12.2 Å². The summed E-state index contributed by atoms with van der Waals surface area (Å²) in [6.07, 6.45) is -3.27. The zero-order valence-corrected chi connectivity index (χ0v) is 59.8. The molecule has 3 heterocycles. The molecule has 2 bridgehead atoms. The Morgan fingerprint density at radius 3 is 1.86 bits per heavy atom. The van der Waals surface area contributed by atoms with E-state index in [4.69, 9.17) is 18.9 Å². The molecule has 24 unspecified atom stereocenters. The minimum absolute atomic E-state index is 0.00416. The van der Waals surface area contributed by atoms with Crippen LogP contribution in [0.4, 0.5) is 0 Å². The minimum Gasteiger partial charge on any atom is -0.458 e. The molecule has 3 aliphatic rings. The van der Waals surface area contributed by atoms with E-state index < -0.39 is 170 Å². The highest BCUT2D eigenvalue weighted by Gasteiger charge is 2.53. The van der Waals surface area contributed by atoms with Crippen molar-refractivity contribution in [1.29, 1.82) is 0 Å². The standard InChI is InChI=1S/C73H133NO21/c1-14-15-16-17-24-52-35-45(5)63(85)38-54(76)26-21-28-59(81)48(8)58(80)27-19-18-22-44(4)68(87)49(9)64-40-65(94-72-71(90)67(74(12)13)69(88)51(11)93-72)50(10)73(91,95-64)41-66(86)92-46(6)30-31-55(77)36-53(75)25-20-23-42(2)47(7)60(82)33-29-43(3)62(84)39-57(79)37-56(78)32-34-61(83)70(52)89/h18-19,22,30-31,35,42-43,46-65,67-72,75-85,87-91H,14-17,20-21,23-29,32-34,36-41H2,1-13H3/b19-18+,31-30+,44-22+,45-35-/t42?,43?,46?,47?,48?,49?,50?,51-,52?,53?,54?,55?,56?,57?,58?,59?,60?,61?,62?,63?,64?,65?,67+,68?,69-,70?,71-,72+,73?/m1/s1. The molecule has 0 aliphatic carbocycles. The number of aliphatic hydroxyl groups excluding tert-OH is 15. The SMILES string of the molecule is CCCCCCC1/C=C(/C)C(O)CC(O)CCCC(O)C(C)C(O)C/C=C/C=C(\C)C(O)C(C)C2CC(O[C@@H]3O[C@H](C)[C@@H](O)[C@H](N(C)C)[C@H]3O)C(C)C(O)(CC(=O)OC(C)/C=C/C(O)CC(O)CCCC(C)C(C)C(O)CCC(C)C(O)CC(O)CC(O)CCC(O)C1O)O2. The molecule has 3 aliphatic heterocycles. The van der Waals surface area contributed by atoms with Crippen LogP contribution in [0.2, 0.25) is 0 Å². The topological polar surface area (TPSA) is 381 Å². The number of hydrogen-bond donors (Lipinski definition) is 16. The van der Waals surface area contributed by atoms with Crippen LogP contribution in [0, 0.1) is 41.4 Å². The van der Waals surface area contributed by atoms with E-state index in [1.54, 1.807) is 91.8 Å². The Labute approximate surface area is 568 Å². The van der Waals surface area contributed by atoms with Gasteiger partial charge in [0, 0.05) is 42.9 Å². The maximum atomic E-state index is 13.8. The van der Waals surface area contributed by atoms with Crippen molar-refractivity contribution < 1.29 is 105 Å². The van der Waals surface area contributed by atoms with Crippen molar-refractivity contribution in [3.8, 4) is 0 Å². The van der Waals surface area contributed by atoms with Gasteiger partial charge in [-0.15, -0.1) is 0 Å². The van der Waals surface area contributed by atoms with Gasteiger partial charge in [0.2, 0.25) is 0 Å². The van der Waals surface area contributed by atoms with Gasteiger partial charge in [-0.25, -0.2) is 0 Å². The highest BCUT2D eigenvalue weighted by atomic mass is 16.7. The number of fused-ring (bicyclic) bond motifs is 2. The van der Waals surface area contributed by atoms with Gasteiger partial charge < -0.3 is 106 Å². The fourth-order valence-corrected chi connectivity index (χ4v) is 13.7. The number of ether oxygens (including phenoxy) is 4. The Hall–Kier alpha value is -2.37. The molecule has 3 rings (SSSR count). The second kappa shape index (κ2) is 43.4. The number of esters is 1. The molecule has 0 saturated carbocycles.